The van der Waals surface area contributed by atoms with Crippen LogP contribution in [0.25, 0.3) is 0 Å². The monoisotopic (exact) mass is 230 g/mol. The first kappa shape index (κ1) is 12.8. The van der Waals surface area contributed by atoms with Crippen LogP contribution in [0.4, 0.5) is 0 Å². The number of hydrogen-bond acceptors (Lipinski definition) is 3. The number of amides is 1. The van der Waals surface area contributed by atoms with Crippen LogP contribution in [0.2, 0.25) is 0 Å². The van der Waals surface area contributed by atoms with Crippen molar-refractivity contribution in [2.24, 2.45) is 11.7 Å². The molecule has 3 N–H and O–H groups in total. The molecular weight excluding hydrogens is 208 g/mol. The maximum atomic E-state index is 11.6. The topological polar surface area (TPSA) is 55.1 Å². The summed E-state index contributed by atoms with van der Waals surface area (Å²) in [4.78, 5) is 11.6. The summed E-state index contributed by atoms with van der Waals surface area (Å²) in [6.07, 6.45) is 3.90. The third kappa shape index (κ3) is 5.42. The summed E-state index contributed by atoms with van der Waals surface area (Å²) in [5, 5.41) is 3.10. The lowest BCUT2D eigenvalue weighted by Crippen LogP contribution is -2.38. The number of rotatable bonds is 5. The molecule has 2 unspecified atom stereocenters. The largest absolute Gasteiger partial charge is 0.353 e. The summed E-state index contributed by atoms with van der Waals surface area (Å²) in [6.45, 7) is 2.76. The normalized spacial score (nSPS) is 23.5. The van der Waals surface area contributed by atoms with E-state index in [1.807, 2.05) is 11.8 Å². The number of nitrogens with two attached hydrogens (primary N) is 1. The summed E-state index contributed by atoms with van der Waals surface area (Å²) < 4.78 is 0. The van der Waals surface area contributed by atoms with Gasteiger partial charge >= 0.3 is 0 Å². The van der Waals surface area contributed by atoms with E-state index in [0.29, 0.717) is 24.9 Å². The van der Waals surface area contributed by atoms with E-state index in [1.54, 1.807) is 0 Å². The van der Waals surface area contributed by atoms with E-state index >= 15 is 0 Å². The van der Waals surface area contributed by atoms with Crippen LogP contribution >= 0.6 is 11.8 Å². The van der Waals surface area contributed by atoms with Gasteiger partial charge in [-0.25, -0.2) is 0 Å². The lowest BCUT2D eigenvalue weighted by Gasteiger charge is -2.22. The smallest absolute Gasteiger partial charge is 0.220 e. The first-order chi connectivity index (χ1) is 7.22. The Kier molecular flexibility index (Phi) is 6.10. The van der Waals surface area contributed by atoms with Gasteiger partial charge in [-0.1, -0.05) is 6.92 Å². The Bertz CT molecular complexity index is 193. The van der Waals surface area contributed by atoms with Gasteiger partial charge in [0.25, 0.3) is 0 Å². The second-order valence-electron chi connectivity index (χ2n) is 4.36. The van der Waals surface area contributed by atoms with Crippen LogP contribution in [0.5, 0.6) is 0 Å². The average Bonchev–Trinajstić information content (AvgIpc) is 2.27. The van der Waals surface area contributed by atoms with Gasteiger partial charge in [-0.05, 0) is 37.5 Å². The minimum atomic E-state index is 0.197. The van der Waals surface area contributed by atoms with Crippen LogP contribution in [0.15, 0.2) is 0 Å². The Morgan fingerprint density at radius 3 is 3.07 bits per heavy atom. The van der Waals surface area contributed by atoms with E-state index in [-0.39, 0.29) is 5.91 Å². The van der Waals surface area contributed by atoms with Gasteiger partial charge in [-0.15, -0.1) is 0 Å². The van der Waals surface area contributed by atoms with Crippen molar-refractivity contribution in [2.75, 3.05) is 18.1 Å². The number of carbonyl (C=O) groups excluding carboxylic acids is 1. The molecule has 2 atom stereocenters. The third-order valence-electron chi connectivity index (χ3n) is 2.79. The van der Waals surface area contributed by atoms with Crippen LogP contribution in [0, 0.1) is 5.92 Å². The number of thioether (sulfide) groups is 1. The first-order valence-electron chi connectivity index (χ1n) is 5.79. The van der Waals surface area contributed by atoms with Crippen molar-refractivity contribution in [3.8, 4) is 0 Å². The van der Waals surface area contributed by atoms with Gasteiger partial charge < -0.3 is 11.1 Å². The molecule has 1 aliphatic heterocycles. The highest BCUT2D eigenvalue weighted by Crippen LogP contribution is 2.17. The number of hydrogen-bond donors (Lipinski definition) is 2. The van der Waals surface area contributed by atoms with Crippen molar-refractivity contribution in [2.45, 2.75) is 38.6 Å². The fraction of sp³-hybridized carbons (Fsp3) is 0.909. The van der Waals surface area contributed by atoms with Crippen LogP contribution in [0.1, 0.15) is 32.6 Å². The van der Waals surface area contributed by atoms with Gasteiger partial charge in [0.1, 0.15) is 0 Å². The molecule has 1 fully saturated rings. The van der Waals surface area contributed by atoms with E-state index in [0.717, 1.165) is 18.6 Å². The van der Waals surface area contributed by atoms with E-state index in [4.69, 9.17) is 5.73 Å². The molecule has 0 saturated carbocycles. The first-order valence-corrected chi connectivity index (χ1v) is 6.95. The molecule has 3 nitrogen and oxygen atoms in total. The van der Waals surface area contributed by atoms with Gasteiger partial charge in [0.15, 0.2) is 0 Å². The third-order valence-corrected chi connectivity index (χ3v) is 4.01. The highest BCUT2D eigenvalue weighted by molar-refractivity contribution is 7.99. The van der Waals surface area contributed by atoms with Crippen molar-refractivity contribution in [1.29, 1.82) is 0 Å². The Labute approximate surface area is 96.6 Å². The molecule has 1 heterocycles. The van der Waals surface area contributed by atoms with Crippen molar-refractivity contribution >= 4 is 17.7 Å². The second-order valence-corrected chi connectivity index (χ2v) is 5.51. The molecule has 0 aromatic carbocycles. The minimum Gasteiger partial charge on any atom is -0.353 e. The number of nitrogens with one attached hydrogen (secondary N) is 1. The average molecular weight is 230 g/mol. The fourth-order valence-electron chi connectivity index (χ4n) is 1.65. The Hall–Kier alpha value is -0.220. The Balaban J connectivity index is 2.11. The zero-order valence-electron chi connectivity index (χ0n) is 9.50. The molecular formula is C11H22N2OS. The van der Waals surface area contributed by atoms with Crippen LogP contribution in [0.3, 0.4) is 0 Å². The summed E-state index contributed by atoms with van der Waals surface area (Å²) in [6, 6.07) is 0.407. The Morgan fingerprint density at radius 1 is 1.67 bits per heavy atom. The molecule has 1 amide bonds. The van der Waals surface area contributed by atoms with Crippen LogP contribution in [-0.4, -0.2) is 30.0 Å². The van der Waals surface area contributed by atoms with Crippen molar-refractivity contribution in [3.05, 3.63) is 0 Å². The quantitative estimate of drug-likeness (QED) is 0.750. The summed E-state index contributed by atoms with van der Waals surface area (Å²) in [5.74, 6) is 2.98. The maximum Gasteiger partial charge on any atom is 0.220 e. The molecule has 0 spiro atoms. The molecule has 88 valence electrons. The van der Waals surface area contributed by atoms with Gasteiger partial charge in [0, 0.05) is 18.2 Å². The highest BCUT2D eigenvalue weighted by Gasteiger charge is 2.15. The zero-order chi connectivity index (χ0) is 11.1. The standard InChI is InChI=1S/C11H22N2OS/c1-9(7-12)4-5-11(14)13-10-3-2-6-15-8-10/h9-10H,2-8,12H2,1H3,(H,13,14). The van der Waals surface area contributed by atoms with Crippen LogP contribution in [-0.2, 0) is 4.79 Å². The van der Waals surface area contributed by atoms with E-state index in [9.17, 15) is 4.79 Å². The summed E-state index contributed by atoms with van der Waals surface area (Å²) in [5.41, 5.74) is 5.51. The molecule has 0 aromatic rings. The molecule has 0 aromatic heterocycles. The maximum absolute atomic E-state index is 11.6. The van der Waals surface area contributed by atoms with Crippen molar-refractivity contribution in [1.82, 2.24) is 5.32 Å². The summed E-state index contributed by atoms with van der Waals surface area (Å²) in [7, 11) is 0. The van der Waals surface area contributed by atoms with E-state index in [1.165, 1.54) is 12.2 Å². The lowest BCUT2D eigenvalue weighted by atomic mass is 10.1. The SMILES string of the molecule is CC(CN)CCC(=O)NC1CCCSC1. The molecule has 15 heavy (non-hydrogen) atoms. The van der Waals surface area contributed by atoms with Crippen molar-refractivity contribution in [3.63, 3.8) is 0 Å². The molecule has 0 bridgehead atoms. The van der Waals surface area contributed by atoms with Gasteiger partial charge in [0.2, 0.25) is 5.91 Å². The molecule has 0 radical (unpaired) electrons. The van der Waals surface area contributed by atoms with Gasteiger partial charge in [0.05, 0.1) is 0 Å². The van der Waals surface area contributed by atoms with E-state index in [2.05, 4.69) is 12.2 Å². The highest BCUT2D eigenvalue weighted by atomic mass is 32.2. The van der Waals surface area contributed by atoms with Gasteiger partial charge in [-0.2, -0.15) is 11.8 Å². The second kappa shape index (κ2) is 7.12. The predicted molar refractivity (Wildman–Crippen MR) is 65.9 cm³/mol. The molecule has 1 saturated heterocycles. The lowest BCUT2D eigenvalue weighted by molar-refractivity contribution is -0.122. The van der Waals surface area contributed by atoms with Gasteiger partial charge in [-0.3, -0.25) is 4.79 Å². The predicted octanol–water partition coefficient (Wildman–Crippen LogP) is 1.37. The molecule has 1 rings (SSSR count). The van der Waals surface area contributed by atoms with E-state index < -0.39 is 0 Å². The fourth-order valence-corrected chi connectivity index (χ4v) is 2.72. The number of carbonyl (C=O) groups is 1. The molecule has 0 aliphatic carbocycles. The molecule has 4 heteroatoms. The zero-order valence-corrected chi connectivity index (χ0v) is 10.3. The van der Waals surface area contributed by atoms with Crippen molar-refractivity contribution < 1.29 is 4.79 Å². The summed E-state index contributed by atoms with van der Waals surface area (Å²) >= 11 is 1.94. The van der Waals surface area contributed by atoms with Crippen LogP contribution < -0.4 is 11.1 Å². The molecule has 1 aliphatic rings. The minimum absolute atomic E-state index is 0.197. The Morgan fingerprint density at radius 2 is 2.47 bits per heavy atom.